The summed E-state index contributed by atoms with van der Waals surface area (Å²) < 4.78 is 15.3. The van der Waals surface area contributed by atoms with Crippen LogP contribution in [0.5, 0.6) is 5.75 Å². The van der Waals surface area contributed by atoms with E-state index in [0.717, 1.165) is 17.9 Å². The Balaban J connectivity index is 2.27. The summed E-state index contributed by atoms with van der Waals surface area (Å²) in [6, 6.07) is 7.49. The van der Waals surface area contributed by atoms with Crippen LogP contribution in [0.4, 0.5) is 5.69 Å². The van der Waals surface area contributed by atoms with Gasteiger partial charge in [-0.2, -0.15) is 0 Å². The smallest absolute Gasteiger partial charge is 0.239 e. The van der Waals surface area contributed by atoms with Crippen LogP contribution in [0.15, 0.2) is 24.3 Å². The zero-order valence-corrected chi connectivity index (χ0v) is 12.7. The molecule has 0 aliphatic carbocycles. The molecule has 6 nitrogen and oxygen atoms in total. The highest BCUT2D eigenvalue weighted by atomic mass is 16.5. The van der Waals surface area contributed by atoms with Gasteiger partial charge in [-0.1, -0.05) is 6.07 Å². The van der Waals surface area contributed by atoms with Crippen molar-refractivity contribution in [3.8, 4) is 5.75 Å². The van der Waals surface area contributed by atoms with Gasteiger partial charge in [0, 0.05) is 39.1 Å². The van der Waals surface area contributed by atoms with Gasteiger partial charge in [0.2, 0.25) is 5.91 Å². The molecule has 21 heavy (non-hydrogen) atoms. The number of amides is 1. The molecule has 0 heterocycles. The number of carbonyl (C=O) groups is 1. The third kappa shape index (κ3) is 8.16. The Hall–Kier alpha value is -1.79. The van der Waals surface area contributed by atoms with Crippen LogP contribution in [0.25, 0.3) is 0 Å². The number of nitrogens with one attached hydrogen (secondary N) is 2. The van der Waals surface area contributed by atoms with Gasteiger partial charge < -0.3 is 24.8 Å². The van der Waals surface area contributed by atoms with Crippen LogP contribution in [0.2, 0.25) is 0 Å². The largest absolute Gasteiger partial charge is 0.491 e. The first-order chi connectivity index (χ1) is 10.3. The van der Waals surface area contributed by atoms with E-state index in [9.17, 15) is 4.79 Å². The lowest BCUT2D eigenvalue weighted by molar-refractivity contribution is -0.119. The molecular weight excluding hydrogens is 272 g/mol. The molecule has 0 saturated heterocycles. The summed E-state index contributed by atoms with van der Waals surface area (Å²) >= 11 is 0. The van der Waals surface area contributed by atoms with Crippen LogP contribution in [0.1, 0.15) is 6.42 Å². The van der Waals surface area contributed by atoms with Crippen LogP contribution in [-0.4, -0.2) is 53.0 Å². The Morgan fingerprint density at radius 3 is 2.71 bits per heavy atom. The summed E-state index contributed by atoms with van der Waals surface area (Å²) in [5.74, 6) is 0.703. The predicted octanol–water partition coefficient (Wildman–Crippen LogP) is 1.28. The van der Waals surface area contributed by atoms with Gasteiger partial charge in [0.1, 0.15) is 12.4 Å². The number of ether oxygens (including phenoxy) is 3. The quantitative estimate of drug-likeness (QED) is 0.602. The van der Waals surface area contributed by atoms with Crippen LogP contribution in [0.3, 0.4) is 0 Å². The van der Waals surface area contributed by atoms with E-state index in [2.05, 4.69) is 10.6 Å². The van der Waals surface area contributed by atoms with E-state index >= 15 is 0 Å². The number of carbonyl (C=O) groups excluding carboxylic acids is 1. The highest BCUT2D eigenvalue weighted by Crippen LogP contribution is 2.16. The number of hydrogen-bond donors (Lipinski definition) is 2. The molecule has 0 aliphatic heterocycles. The maximum atomic E-state index is 11.6. The van der Waals surface area contributed by atoms with Crippen molar-refractivity contribution in [3.63, 3.8) is 0 Å². The van der Waals surface area contributed by atoms with Crippen LogP contribution >= 0.6 is 0 Å². The fraction of sp³-hybridized carbons (Fsp3) is 0.533. The van der Waals surface area contributed by atoms with Crippen molar-refractivity contribution in [3.05, 3.63) is 24.3 Å². The third-order valence-electron chi connectivity index (χ3n) is 2.69. The molecule has 1 amide bonds. The van der Waals surface area contributed by atoms with Crippen molar-refractivity contribution in [2.75, 3.05) is 52.4 Å². The third-order valence-corrected chi connectivity index (χ3v) is 2.69. The van der Waals surface area contributed by atoms with E-state index in [1.54, 1.807) is 14.2 Å². The van der Waals surface area contributed by atoms with Gasteiger partial charge >= 0.3 is 0 Å². The minimum Gasteiger partial charge on any atom is -0.491 e. The normalized spacial score (nSPS) is 10.2. The molecule has 118 valence electrons. The molecule has 0 bridgehead atoms. The molecule has 0 fully saturated rings. The molecule has 1 aromatic rings. The topological polar surface area (TPSA) is 68.8 Å². The van der Waals surface area contributed by atoms with Crippen LogP contribution in [0, 0.1) is 0 Å². The van der Waals surface area contributed by atoms with Crippen molar-refractivity contribution in [2.45, 2.75) is 6.42 Å². The predicted molar refractivity (Wildman–Crippen MR) is 81.8 cm³/mol. The number of anilines is 1. The van der Waals surface area contributed by atoms with E-state index in [1.807, 2.05) is 24.3 Å². The highest BCUT2D eigenvalue weighted by molar-refractivity contribution is 5.80. The number of methoxy groups -OCH3 is 2. The molecule has 0 atom stereocenters. The van der Waals surface area contributed by atoms with E-state index in [1.165, 1.54) is 0 Å². The van der Waals surface area contributed by atoms with Gasteiger partial charge in [-0.25, -0.2) is 0 Å². The zero-order valence-electron chi connectivity index (χ0n) is 12.7. The van der Waals surface area contributed by atoms with Gasteiger partial charge in [-0.15, -0.1) is 0 Å². The lowest BCUT2D eigenvalue weighted by Gasteiger charge is -2.10. The summed E-state index contributed by atoms with van der Waals surface area (Å²) in [7, 11) is 3.28. The molecule has 6 heteroatoms. The first-order valence-electron chi connectivity index (χ1n) is 6.97. The fourth-order valence-corrected chi connectivity index (χ4v) is 1.63. The molecule has 0 spiro atoms. The summed E-state index contributed by atoms with van der Waals surface area (Å²) in [6.45, 7) is 2.54. The second-order valence-electron chi connectivity index (χ2n) is 4.42. The van der Waals surface area contributed by atoms with E-state index < -0.39 is 0 Å². The first kappa shape index (κ1) is 17.3. The van der Waals surface area contributed by atoms with Gasteiger partial charge in [-0.05, 0) is 18.6 Å². The van der Waals surface area contributed by atoms with E-state index in [0.29, 0.717) is 26.4 Å². The molecule has 0 saturated carbocycles. The summed E-state index contributed by atoms with van der Waals surface area (Å²) in [5.41, 5.74) is 0.844. The monoisotopic (exact) mass is 296 g/mol. The van der Waals surface area contributed by atoms with Gasteiger partial charge in [-0.3, -0.25) is 4.79 Å². The lowest BCUT2D eigenvalue weighted by atomic mass is 10.3. The number of hydrogen-bond acceptors (Lipinski definition) is 5. The van der Waals surface area contributed by atoms with Crippen molar-refractivity contribution in [1.29, 1.82) is 0 Å². The summed E-state index contributed by atoms with van der Waals surface area (Å²) in [4.78, 5) is 11.6. The van der Waals surface area contributed by atoms with Crippen LogP contribution < -0.4 is 15.4 Å². The number of rotatable bonds is 11. The Morgan fingerprint density at radius 2 is 1.95 bits per heavy atom. The van der Waals surface area contributed by atoms with E-state index in [-0.39, 0.29) is 12.5 Å². The van der Waals surface area contributed by atoms with Crippen molar-refractivity contribution < 1.29 is 19.0 Å². The molecular formula is C15H24N2O4. The summed E-state index contributed by atoms with van der Waals surface area (Å²) in [6.07, 6.45) is 0.811. The van der Waals surface area contributed by atoms with Gasteiger partial charge in [0.05, 0.1) is 13.2 Å². The molecule has 2 N–H and O–H groups in total. The second-order valence-corrected chi connectivity index (χ2v) is 4.42. The minimum atomic E-state index is -0.0446. The maximum Gasteiger partial charge on any atom is 0.239 e. The Labute approximate surface area is 125 Å². The van der Waals surface area contributed by atoms with Gasteiger partial charge in [0.15, 0.2) is 0 Å². The average Bonchev–Trinajstić information content (AvgIpc) is 2.50. The lowest BCUT2D eigenvalue weighted by Crippen LogP contribution is -2.31. The standard InChI is InChI=1S/C15H24N2O4/c1-19-8-4-7-16-15(18)12-17-13-5-3-6-14(11-13)21-10-9-20-2/h3,5-6,11,17H,4,7-10,12H2,1-2H3,(H,16,18). The SMILES string of the molecule is COCCCNC(=O)CNc1cccc(OCCOC)c1. The second kappa shape index (κ2) is 10.9. The van der Waals surface area contributed by atoms with Crippen molar-refractivity contribution >= 4 is 11.6 Å². The number of benzene rings is 1. The minimum absolute atomic E-state index is 0.0446. The Bertz CT molecular complexity index is 412. The Morgan fingerprint density at radius 1 is 1.14 bits per heavy atom. The zero-order chi connectivity index (χ0) is 15.3. The highest BCUT2D eigenvalue weighted by Gasteiger charge is 2.01. The maximum absolute atomic E-state index is 11.6. The Kier molecular flexibility index (Phi) is 8.99. The molecule has 0 aromatic heterocycles. The summed E-state index contributed by atoms with van der Waals surface area (Å²) in [5, 5.41) is 5.88. The fourth-order valence-electron chi connectivity index (χ4n) is 1.63. The molecule has 1 aromatic carbocycles. The average molecular weight is 296 g/mol. The first-order valence-corrected chi connectivity index (χ1v) is 6.97. The molecule has 0 unspecified atom stereocenters. The van der Waals surface area contributed by atoms with E-state index in [4.69, 9.17) is 14.2 Å². The van der Waals surface area contributed by atoms with Crippen molar-refractivity contribution in [2.24, 2.45) is 0 Å². The van der Waals surface area contributed by atoms with Crippen LogP contribution in [-0.2, 0) is 14.3 Å². The van der Waals surface area contributed by atoms with Crippen molar-refractivity contribution in [1.82, 2.24) is 5.32 Å². The molecule has 0 aliphatic rings. The molecule has 1 rings (SSSR count). The van der Waals surface area contributed by atoms with Gasteiger partial charge in [0.25, 0.3) is 0 Å². The molecule has 0 radical (unpaired) electrons.